The van der Waals surface area contributed by atoms with E-state index in [1.807, 2.05) is 63.4 Å². The number of nitrogens with zero attached hydrogens (tertiary/aromatic N) is 2. The third kappa shape index (κ3) is 10.9. The lowest BCUT2D eigenvalue weighted by molar-refractivity contribution is -0.115. The number of fused-ring (bicyclic) bond motifs is 1. The molecule has 4 rings (SSSR count). The van der Waals surface area contributed by atoms with Crippen LogP contribution in [0.3, 0.4) is 0 Å². The molecule has 0 fully saturated rings. The normalized spacial score (nSPS) is 20.2. The van der Waals surface area contributed by atoms with E-state index in [0.29, 0.717) is 53.3 Å². The minimum atomic E-state index is -0.464. The van der Waals surface area contributed by atoms with Gasteiger partial charge in [0, 0.05) is 37.8 Å². The molecule has 3 aromatic rings. The summed E-state index contributed by atoms with van der Waals surface area (Å²) in [5.41, 5.74) is 2.78. The molecule has 3 aromatic carbocycles. The van der Waals surface area contributed by atoms with Crippen molar-refractivity contribution in [2.45, 2.75) is 71.2 Å². The van der Waals surface area contributed by atoms with Crippen molar-refractivity contribution < 1.29 is 24.2 Å². The van der Waals surface area contributed by atoms with Gasteiger partial charge < -0.3 is 24.8 Å². The van der Waals surface area contributed by atoms with E-state index in [9.17, 15) is 14.7 Å². The highest BCUT2D eigenvalue weighted by Crippen LogP contribution is 2.29. The van der Waals surface area contributed by atoms with E-state index < -0.39 is 6.04 Å². The Morgan fingerprint density at radius 3 is 2.53 bits per heavy atom. The molecule has 2 amide bonds. The summed E-state index contributed by atoms with van der Waals surface area (Å²) in [7, 11) is 2.03. The van der Waals surface area contributed by atoms with Gasteiger partial charge in [0.25, 0.3) is 5.91 Å². The van der Waals surface area contributed by atoms with E-state index in [-0.39, 0.29) is 43.0 Å². The topological polar surface area (TPSA) is 91.3 Å². The summed E-state index contributed by atoms with van der Waals surface area (Å²) in [6.07, 6.45) is 2.48. The molecule has 1 aliphatic rings. The molecule has 254 valence electrons. The Kier molecular flexibility index (Phi) is 13.9. The molecule has 4 atom stereocenters. The smallest absolute Gasteiger partial charge is 0.258 e. The Morgan fingerprint density at radius 1 is 1.04 bits per heavy atom. The summed E-state index contributed by atoms with van der Waals surface area (Å²) in [6, 6.07) is 19.9. The van der Waals surface area contributed by atoms with Crippen LogP contribution in [-0.4, -0.2) is 78.3 Å². The van der Waals surface area contributed by atoms with E-state index in [0.717, 1.165) is 30.4 Å². The summed E-state index contributed by atoms with van der Waals surface area (Å²) in [4.78, 5) is 31.1. The van der Waals surface area contributed by atoms with Crippen molar-refractivity contribution in [3.8, 4) is 5.75 Å². The number of hydrogen-bond donors (Lipinski definition) is 2. The quantitative estimate of drug-likeness (QED) is 0.250. The molecule has 0 saturated carbocycles. The van der Waals surface area contributed by atoms with Crippen molar-refractivity contribution in [2.24, 2.45) is 5.92 Å². The number of ether oxygens (including phenoxy) is 2. The number of aliphatic hydroxyl groups excluding tert-OH is 1. The Balaban J connectivity index is 1.58. The number of benzene rings is 3. The van der Waals surface area contributed by atoms with Crippen LogP contribution >= 0.6 is 23.2 Å². The predicted molar refractivity (Wildman–Crippen MR) is 188 cm³/mol. The van der Waals surface area contributed by atoms with Crippen molar-refractivity contribution in [3.63, 3.8) is 0 Å². The molecular formula is C37H47Cl2N3O5. The van der Waals surface area contributed by atoms with E-state index >= 15 is 0 Å². The number of likely N-dealkylation sites (N-methyl/N-ethyl adjacent to an activating group) is 1. The van der Waals surface area contributed by atoms with Crippen molar-refractivity contribution in [1.82, 2.24) is 9.80 Å². The second kappa shape index (κ2) is 17.9. The standard InChI is InChI=1S/C37H47Cl2N3O5/c1-25-21-42(26(2)24-43)37(45)31-20-30(40-36(44)19-28-11-6-5-7-12-28)14-16-34(31)47-27(3)10-8-9-17-46-35(25)23-41(4)22-29-13-15-32(38)33(39)18-29/h5-7,11-16,18,20,25-27,35,43H,8-10,17,19,21-24H2,1-4H3,(H,40,44)/t25-,26+,27+,35+/m0/s1. The number of halogens is 2. The highest BCUT2D eigenvalue weighted by atomic mass is 35.5. The minimum Gasteiger partial charge on any atom is -0.490 e. The average Bonchev–Trinajstić information content (AvgIpc) is 3.04. The van der Waals surface area contributed by atoms with Crippen LogP contribution in [0.15, 0.2) is 66.7 Å². The third-order valence-corrected chi connectivity index (χ3v) is 9.21. The van der Waals surface area contributed by atoms with Crippen molar-refractivity contribution >= 4 is 40.7 Å². The number of carbonyl (C=O) groups excluding carboxylic acids is 2. The van der Waals surface area contributed by atoms with Gasteiger partial charge in [-0.25, -0.2) is 0 Å². The Morgan fingerprint density at radius 2 is 1.81 bits per heavy atom. The lowest BCUT2D eigenvalue weighted by Crippen LogP contribution is -2.47. The van der Waals surface area contributed by atoms with Gasteiger partial charge in [-0.2, -0.15) is 0 Å². The first-order valence-electron chi connectivity index (χ1n) is 16.3. The van der Waals surface area contributed by atoms with Gasteiger partial charge in [0.15, 0.2) is 0 Å². The van der Waals surface area contributed by atoms with Crippen LogP contribution in [-0.2, 0) is 22.5 Å². The van der Waals surface area contributed by atoms with Crippen LogP contribution in [0.5, 0.6) is 5.75 Å². The molecule has 0 unspecified atom stereocenters. The number of carbonyl (C=O) groups is 2. The molecule has 0 aliphatic carbocycles. The zero-order valence-corrected chi connectivity index (χ0v) is 29.3. The van der Waals surface area contributed by atoms with Gasteiger partial charge in [0.05, 0.1) is 46.9 Å². The molecule has 0 saturated heterocycles. The molecular weight excluding hydrogens is 637 g/mol. The third-order valence-electron chi connectivity index (χ3n) is 8.47. The van der Waals surface area contributed by atoms with Gasteiger partial charge in [-0.05, 0) is 81.6 Å². The molecule has 8 nitrogen and oxygen atoms in total. The van der Waals surface area contributed by atoms with Crippen LogP contribution in [0.25, 0.3) is 0 Å². The van der Waals surface area contributed by atoms with Crippen LogP contribution in [0.1, 0.15) is 61.5 Å². The zero-order valence-electron chi connectivity index (χ0n) is 27.8. The minimum absolute atomic E-state index is 0.0656. The van der Waals surface area contributed by atoms with Gasteiger partial charge in [-0.15, -0.1) is 0 Å². The second-order valence-corrected chi connectivity index (χ2v) is 13.5. The summed E-state index contributed by atoms with van der Waals surface area (Å²) >= 11 is 12.4. The number of rotatable bonds is 9. The van der Waals surface area contributed by atoms with Gasteiger partial charge in [-0.3, -0.25) is 14.5 Å². The molecule has 0 spiro atoms. The molecule has 1 heterocycles. The molecule has 2 N–H and O–H groups in total. The summed E-state index contributed by atoms with van der Waals surface area (Å²) in [6.45, 7) is 7.92. The zero-order chi connectivity index (χ0) is 33.9. The van der Waals surface area contributed by atoms with E-state index in [2.05, 4.69) is 17.1 Å². The maximum atomic E-state index is 14.4. The first-order chi connectivity index (χ1) is 22.5. The van der Waals surface area contributed by atoms with E-state index in [1.54, 1.807) is 29.2 Å². The van der Waals surface area contributed by atoms with Gasteiger partial charge >= 0.3 is 0 Å². The fraction of sp³-hybridized carbons (Fsp3) is 0.459. The molecule has 47 heavy (non-hydrogen) atoms. The monoisotopic (exact) mass is 683 g/mol. The average molecular weight is 685 g/mol. The molecule has 0 aromatic heterocycles. The highest BCUT2D eigenvalue weighted by Gasteiger charge is 2.30. The lowest BCUT2D eigenvalue weighted by atomic mass is 10.0. The highest BCUT2D eigenvalue weighted by molar-refractivity contribution is 6.42. The summed E-state index contributed by atoms with van der Waals surface area (Å²) < 4.78 is 12.8. The fourth-order valence-corrected chi connectivity index (χ4v) is 6.09. The Labute approximate surface area is 288 Å². The van der Waals surface area contributed by atoms with Crippen LogP contribution in [0.4, 0.5) is 5.69 Å². The number of amides is 2. The molecule has 1 aliphatic heterocycles. The predicted octanol–water partition coefficient (Wildman–Crippen LogP) is 7.10. The van der Waals surface area contributed by atoms with Crippen molar-refractivity contribution in [2.75, 3.05) is 38.7 Å². The van der Waals surface area contributed by atoms with Gasteiger partial charge in [0.1, 0.15) is 5.75 Å². The molecule has 10 heteroatoms. The first kappa shape index (κ1) is 36.7. The molecule has 0 bridgehead atoms. The maximum Gasteiger partial charge on any atom is 0.258 e. The van der Waals surface area contributed by atoms with Crippen molar-refractivity contribution in [3.05, 3.63) is 93.5 Å². The summed E-state index contributed by atoms with van der Waals surface area (Å²) in [5, 5.41) is 14.2. The lowest BCUT2D eigenvalue weighted by Gasteiger charge is -2.36. The van der Waals surface area contributed by atoms with Crippen LogP contribution in [0.2, 0.25) is 10.0 Å². The van der Waals surface area contributed by atoms with E-state index in [1.165, 1.54) is 0 Å². The van der Waals surface area contributed by atoms with E-state index in [4.69, 9.17) is 32.7 Å². The fourth-order valence-electron chi connectivity index (χ4n) is 5.77. The Hall–Kier alpha value is -3.14. The second-order valence-electron chi connectivity index (χ2n) is 12.7. The Bertz CT molecular complexity index is 1470. The maximum absolute atomic E-state index is 14.4. The number of nitrogens with one attached hydrogen (secondary N) is 1. The van der Waals surface area contributed by atoms with Gasteiger partial charge in [-0.1, -0.05) is 66.5 Å². The number of anilines is 1. The summed E-state index contributed by atoms with van der Waals surface area (Å²) in [5.74, 6) is -0.0699. The first-order valence-corrected chi connectivity index (χ1v) is 17.1. The molecule has 0 radical (unpaired) electrons. The van der Waals surface area contributed by atoms with Crippen LogP contribution in [0, 0.1) is 5.92 Å². The number of aliphatic hydroxyl groups is 1. The number of hydrogen-bond acceptors (Lipinski definition) is 6. The largest absolute Gasteiger partial charge is 0.490 e. The van der Waals surface area contributed by atoms with Crippen molar-refractivity contribution in [1.29, 1.82) is 0 Å². The SMILES string of the molecule is C[C@@H]1CCCCO[C@H](CN(C)Cc2ccc(Cl)c(Cl)c2)[C@@H](C)CN([C@H](C)CO)C(=O)c2cc(NC(=O)Cc3ccccc3)ccc2O1. The van der Waals surface area contributed by atoms with Gasteiger partial charge in [0.2, 0.25) is 5.91 Å². The van der Waals surface area contributed by atoms with Crippen LogP contribution < -0.4 is 10.1 Å².